The number of hydrogen-bond donors (Lipinski definition) is 2. The maximum absolute atomic E-state index is 12.8. The molecular weight excluding hydrogens is 507 g/mol. The van der Waals surface area contributed by atoms with Crippen LogP contribution in [0.2, 0.25) is 10.0 Å². The van der Waals surface area contributed by atoms with E-state index in [0.717, 1.165) is 0 Å². The van der Waals surface area contributed by atoms with Crippen LogP contribution >= 0.6 is 23.2 Å². The lowest BCUT2D eigenvalue weighted by molar-refractivity contribution is 0.416. The molecule has 0 fully saturated rings. The number of nitriles is 1. The first-order chi connectivity index (χ1) is 16.7. The average molecular weight is 525 g/mol. The Morgan fingerprint density at radius 2 is 1.71 bits per heavy atom. The van der Waals surface area contributed by atoms with Crippen molar-refractivity contribution in [3.63, 3.8) is 0 Å². The molecular formula is C25H18Cl2N4O3S. The van der Waals surface area contributed by atoms with E-state index in [1.807, 2.05) is 18.2 Å². The van der Waals surface area contributed by atoms with Gasteiger partial charge < -0.3 is 10.5 Å². The van der Waals surface area contributed by atoms with Crippen molar-refractivity contribution < 1.29 is 13.2 Å². The molecule has 1 heterocycles. The molecule has 0 atom stereocenters. The SMILES string of the molecule is COc1ccccc1-c1cc(-c2ccc(NS(=O)(=O)c3cc(Cl)ccc3Cl)cc2)nc(N)c1C#N. The lowest BCUT2D eigenvalue weighted by atomic mass is 9.97. The Balaban J connectivity index is 1.70. The second-order valence-electron chi connectivity index (χ2n) is 7.38. The van der Waals surface area contributed by atoms with Crippen LogP contribution in [0.4, 0.5) is 11.5 Å². The third kappa shape index (κ3) is 5.03. The van der Waals surface area contributed by atoms with Crippen molar-refractivity contribution in [3.05, 3.63) is 88.4 Å². The minimum atomic E-state index is -3.96. The van der Waals surface area contributed by atoms with E-state index in [2.05, 4.69) is 15.8 Å². The number of halogens is 2. The van der Waals surface area contributed by atoms with Gasteiger partial charge in [0.1, 0.15) is 28.1 Å². The molecule has 0 saturated heterocycles. The first-order valence-corrected chi connectivity index (χ1v) is 12.4. The number of rotatable bonds is 6. The molecule has 0 saturated carbocycles. The third-order valence-electron chi connectivity index (χ3n) is 5.17. The number of anilines is 2. The smallest absolute Gasteiger partial charge is 0.263 e. The summed E-state index contributed by atoms with van der Waals surface area (Å²) in [6.45, 7) is 0. The number of nitrogens with two attached hydrogens (primary N) is 1. The van der Waals surface area contributed by atoms with Crippen molar-refractivity contribution in [1.29, 1.82) is 5.26 Å². The predicted molar refractivity (Wildman–Crippen MR) is 138 cm³/mol. The molecule has 3 aromatic carbocycles. The highest BCUT2D eigenvalue weighted by atomic mass is 35.5. The summed E-state index contributed by atoms with van der Waals surface area (Å²) in [6, 6.07) is 21.9. The van der Waals surface area contributed by atoms with E-state index >= 15 is 0 Å². The van der Waals surface area contributed by atoms with E-state index in [1.165, 1.54) is 18.2 Å². The minimum absolute atomic E-state index is 0.0552. The summed E-state index contributed by atoms with van der Waals surface area (Å²) in [5, 5.41) is 9.97. The minimum Gasteiger partial charge on any atom is -0.496 e. The highest BCUT2D eigenvalue weighted by Crippen LogP contribution is 2.36. The monoisotopic (exact) mass is 524 g/mol. The van der Waals surface area contributed by atoms with Gasteiger partial charge in [-0.05, 0) is 42.5 Å². The fourth-order valence-electron chi connectivity index (χ4n) is 3.51. The first kappa shape index (κ1) is 24.4. The Kier molecular flexibility index (Phi) is 6.85. The molecule has 3 N–H and O–H groups in total. The van der Waals surface area contributed by atoms with Crippen molar-refractivity contribution >= 4 is 44.7 Å². The lowest BCUT2D eigenvalue weighted by Gasteiger charge is -2.14. The van der Waals surface area contributed by atoms with E-state index in [9.17, 15) is 13.7 Å². The van der Waals surface area contributed by atoms with Crippen LogP contribution in [0.25, 0.3) is 22.4 Å². The Labute approximate surface area is 212 Å². The summed E-state index contributed by atoms with van der Waals surface area (Å²) >= 11 is 12.0. The molecule has 0 amide bonds. The van der Waals surface area contributed by atoms with Gasteiger partial charge in [0.2, 0.25) is 0 Å². The topological polar surface area (TPSA) is 118 Å². The molecule has 35 heavy (non-hydrogen) atoms. The van der Waals surface area contributed by atoms with Gasteiger partial charge in [-0.3, -0.25) is 4.72 Å². The van der Waals surface area contributed by atoms with Gasteiger partial charge in [0.15, 0.2) is 0 Å². The van der Waals surface area contributed by atoms with Crippen molar-refractivity contribution in [3.8, 4) is 34.2 Å². The standard InChI is InChI=1S/C25H18Cl2N4O3S/c1-34-23-5-3-2-4-18(23)19-13-22(30-25(29)20(19)14-28)15-6-9-17(10-7-15)31-35(32,33)24-12-16(26)8-11-21(24)27/h2-13,31H,1H3,(H2,29,30). The molecule has 1 aromatic heterocycles. The van der Waals surface area contributed by atoms with Crippen LogP contribution in [-0.2, 0) is 10.0 Å². The van der Waals surface area contributed by atoms with Gasteiger partial charge >= 0.3 is 0 Å². The second kappa shape index (κ2) is 9.84. The van der Waals surface area contributed by atoms with Crippen LogP contribution in [0.5, 0.6) is 5.75 Å². The molecule has 0 aliphatic heterocycles. The normalized spacial score (nSPS) is 11.0. The van der Waals surface area contributed by atoms with E-state index in [-0.39, 0.29) is 26.3 Å². The van der Waals surface area contributed by atoms with E-state index in [0.29, 0.717) is 33.8 Å². The van der Waals surface area contributed by atoms with Crippen LogP contribution < -0.4 is 15.2 Å². The van der Waals surface area contributed by atoms with Gasteiger partial charge in [-0.2, -0.15) is 5.26 Å². The van der Waals surface area contributed by atoms with Crippen LogP contribution in [0.3, 0.4) is 0 Å². The number of sulfonamides is 1. The van der Waals surface area contributed by atoms with Gasteiger partial charge in [0.25, 0.3) is 10.0 Å². The van der Waals surface area contributed by atoms with Gasteiger partial charge in [-0.25, -0.2) is 13.4 Å². The number of aromatic nitrogens is 1. The number of methoxy groups -OCH3 is 1. The molecule has 4 aromatic rings. The Bertz CT molecular complexity index is 1570. The first-order valence-electron chi connectivity index (χ1n) is 10.2. The maximum Gasteiger partial charge on any atom is 0.263 e. The summed E-state index contributed by atoms with van der Waals surface area (Å²) in [6.07, 6.45) is 0. The number of nitrogens with one attached hydrogen (secondary N) is 1. The Morgan fingerprint density at radius 3 is 2.40 bits per heavy atom. The van der Waals surface area contributed by atoms with Gasteiger partial charge in [-0.15, -0.1) is 0 Å². The Morgan fingerprint density at radius 1 is 1.00 bits per heavy atom. The van der Waals surface area contributed by atoms with E-state index in [1.54, 1.807) is 43.5 Å². The van der Waals surface area contributed by atoms with Gasteiger partial charge in [-0.1, -0.05) is 53.5 Å². The number of para-hydroxylation sites is 1. The van der Waals surface area contributed by atoms with Crippen LogP contribution in [0.1, 0.15) is 5.56 Å². The number of nitrogen functional groups attached to an aromatic ring is 1. The third-order valence-corrected chi connectivity index (χ3v) is 7.27. The van der Waals surface area contributed by atoms with Crippen molar-refractivity contribution in [2.75, 3.05) is 17.6 Å². The number of hydrogen-bond acceptors (Lipinski definition) is 6. The molecule has 0 unspecified atom stereocenters. The number of benzene rings is 3. The van der Waals surface area contributed by atoms with Gasteiger partial charge in [0, 0.05) is 27.4 Å². The highest BCUT2D eigenvalue weighted by Gasteiger charge is 2.19. The fraction of sp³-hybridized carbons (Fsp3) is 0.0400. The van der Waals surface area contributed by atoms with Crippen molar-refractivity contribution in [1.82, 2.24) is 4.98 Å². The zero-order chi connectivity index (χ0) is 25.2. The zero-order valence-electron chi connectivity index (χ0n) is 18.3. The van der Waals surface area contributed by atoms with Crippen LogP contribution in [0.15, 0.2) is 77.7 Å². The lowest BCUT2D eigenvalue weighted by Crippen LogP contribution is -2.13. The van der Waals surface area contributed by atoms with Crippen LogP contribution in [-0.4, -0.2) is 20.5 Å². The molecule has 0 aliphatic carbocycles. The second-order valence-corrected chi connectivity index (χ2v) is 9.88. The molecule has 0 bridgehead atoms. The Hall–Kier alpha value is -3.77. The molecule has 176 valence electrons. The molecule has 4 rings (SSSR count). The van der Waals surface area contributed by atoms with Crippen molar-refractivity contribution in [2.24, 2.45) is 0 Å². The largest absolute Gasteiger partial charge is 0.496 e. The van der Waals surface area contributed by atoms with Crippen LogP contribution in [0, 0.1) is 11.3 Å². The van der Waals surface area contributed by atoms with E-state index in [4.69, 9.17) is 33.7 Å². The quantitative estimate of drug-likeness (QED) is 0.320. The number of pyridine rings is 1. The highest BCUT2D eigenvalue weighted by molar-refractivity contribution is 7.92. The summed E-state index contributed by atoms with van der Waals surface area (Å²) in [7, 11) is -2.41. The number of nitrogens with zero attached hydrogens (tertiary/aromatic N) is 2. The number of ether oxygens (including phenoxy) is 1. The molecule has 0 aliphatic rings. The predicted octanol–water partition coefficient (Wildman–Crippen LogP) is 5.99. The summed E-state index contributed by atoms with van der Waals surface area (Å²) in [4.78, 5) is 4.25. The zero-order valence-corrected chi connectivity index (χ0v) is 20.6. The maximum atomic E-state index is 12.8. The average Bonchev–Trinajstić information content (AvgIpc) is 2.85. The van der Waals surface area contributed by atoms with E-state index < -0.39 is 10.0 Å². The van der Waals surface area contributed by atoms with Crippen molar-refractivity contribution in [2.45, 2.75) is 4.90 Å². The van der Waals surface area contributed by atoms with Gasteiger partial charge in [0.05, 0.1) is 17.8 Å². The summed E-state index contributed by atoms with van der Waals surface area (Å²) in [5.41, 5.74) is 9.12. The summed E-state index contributed by atoms with van der Waals surface area (Å²) in [5.74, 6) is 0.663. The molecule has 0 radical (unpaired) electrons. The molecule has 0 spiro atoms. The molecule has 7 nitrogen and oxygen atoms in total. The summed E-state index contributed by atoms with van der Waals surface area (Å²) < 4.78 is 33.5. The fourth-order valence-corrected chi connectivity index (χ4v) is 5.33. The molecule has 10 heteroatoms.